The Morgan fingerprint density at radius 1 is 0.920 bits per heavy atom. The summed E-state index contributed by atoms with van der Waals surface area (Å²) in [6.45, 7) is 0. The number of carbonyl (C=O) groups excluding carboxylic acids is 1. The van der Waals surface area contributed by atoms with E-state index in [0.29, 0.717) is 5.56 Å². The number of esters is 1. The molecule has 1 aliphatic rings. The number of rotatable bonds is 3. The quantitative estimate of drug-likeness (QED) is 0.525. The third-order valence-electron chi connectivity index (χ3n) is 4.47. The Morgan fingerprint density at radius 2 is 1.56 bits per heavy atom. The zero-order valence-corrected chi connectivity index (χ0v) is 14.6. The van der Waals surface area contributed by atoms with Crippen molar-refractivity contribution >= 4 is 17.7 Å². The van der Waals surface area contributed by atoms with Gasteiger partial charge in [0.25, 0.3) is 5.03 Å². The summed E-state index contributed by atoms with van der Waals surface area (Å²) in [4.78, 5) is 12.2. The molecule has 0 saturated heterocycles. The molecule has 25 heavy (non-hydrogen) atoms. The lowest BCUT2D eigenvalue weighted by Gasteiger charge is -2.15. The van der Waals surface area contributed by atoms with Crippen molar-refractivity contribution in [3.05, 3.63) is 95.7 Å². The minimum atomic E-state index is -0.294. The molecule has 0 bridgehead atoms. The van der Waals surface area contributed by atoms with Crippen LogP contribution in [0.4, 0.5) is 0 Å². The zero-order chi connectivity index (χ0) is 17.2. The smallest absolute Gasteiger partial charge is 0.345 e. The summed E-state index contributed by atoms with van der Waals surface area (Å²) < 4.78 is 7.18. The van der Waals surface area contributed by atoms with Gasteiger partial charge in [0.1, 0.15) is 10.8 Å². The van der Waals surface area contributed by atoms with Gasteiger partial charge in [0.15, 0.2) is 6.20 Å². The van der Waals surface area contributed by atoms with Crippen molar-refractivity contribution in [2.24, 2.45) is 0 Å². The summed E-state index contributed by atoms with van der Waals surface area (Å²) >= 11 is 1.72. The molecule has 3 nitrogen and oxygen atoms in total. The number of ether oxygens (including phenoxy) is 1. The summed E-state index contributed by atoms with van der Waals surface area (Å²) in [5.41, 5.74) is 3.10. The van der Waals surface area contributed by atoms with E-state index in [1.807, 2.05) is 24.3 Å². The van der Waals surface area contributed by atoms with E-state index < -0.39 is 0 Å². The van der Waals surface area contributed by atoms with E-state index in [9.17, 15) is 4.79 Å². The first-order chi connectivity index (χ1) is 12.3. The predicted molar refractivity (Wildman–Crippen MR) is 97.6 cm³/mol. The second-order valence-corrected chi connectivity index (χ2v) is 7.06. The molecule has 1 aliphatic heterocycles. The fourth-order valence-corrected chi connectivity index (χ4v) is 4.85. The minimum absolute atomic E-state index is 0.133. The SMILES string of the molecule is COC(=O)c1ccc[n+]2c1S[C@@H](c1ccccc1)[C@@H]2c1ccccc1. The second kappa shape index (κ2) is 6.73. The van der Waals surface area contributed by atoms with Crippen LogP contribution in [0.5, 0.6) is 0 Å². The molecule has 0 aliphatic carbocycles. The van der Waals surface area contributed by atoms with Crippen molar-refractivity contribution in [3.63, 3.8) is 0 Å². The van der Waals surface area contributed by atoms with Crippen molar-refractivity contribution in [1.82, 2.24) is 0 Å². The number of fused-ring (bicyclic) bond motifs is 1. The van der Waals surface area contributed by atoms with Crippen LogP contribution in [0.2, 0.25) is 0 Å². The van der Waals surface area contributed by atoms with Gasteiger partial charge < -0.3 is 4.74 Å². The van der Waals surface area contributed by atoms with Crippen molar-refractivity contribution in [1.29, 1.82) is 0 Å². The minimum Gasteiger partial charge on any atom is -0.465 e. The highest BCUT2D eigenvalue weighted by molar-refractivity contribution is 7.99. The summed E-state index contributed by atoms with van der Waals surface area (Å²) in [7, 11) is 1.43. The van der Waals surface area contributed by atoms with Crippen LogP contribution < -0.4 is 4.57 Å². The summed E-state index contributed by atoms with van der Waals surface area (Å²) in [5.74, 6) is -0.294. The van der Waals surface area contributed by atoms with Crippen molar-refractivity contribution < 1.29 is 14.1 Å². The maximum absolute atomic E-state index is 12.2. The fraction of sp³-hybridized carbons (Fsp3) is 0.143. The lowest BCUT2D eigenvalue weighted by Crippen LogP contribution is -2.40. The lowest BCUT2D eigenvalue weighted by atomic mass is 9.98. The lowest BCUT2D eigenvalue weighted by molar-refractivity contribution is -0.742. The number of pyridine rings is 1. The third kappa shape index (κ3) is 2.83. The van der Waals surface area contributed by atoms with Gasteiger partial charge in [0.05, 0.1) is 7.11 Å². The van der Waals surface area contributed by atoms with E-state index >= 15 is 0 Å². The van der Waals surface area contributed by atoms with E-state index in [-0.39, 0.29) is 17.3 Å². The first-order valence-corrected chi connectivity index (χ1v) is 9.06. The number of thioether (sulfide) groups is 1. The van der Waals surface area contributed by atoms with Gasteiger partial charge in [0.2, 0.25) is 6.04 Å². The standard InChI is InChI=1S/C21H18NO2S/c1-24-21(23)17-13-8-14-22-18(15-9-4-2-5-10-15)19(25-20(17)22)16-11-6-3-7-12-16/h2-14,18-19H,1H3/q+1/t18-,19-/m0/s1. The Labute approximate surface area is 151 Å². The Hall–Kier alpha value is -2.59. The van der Waals surface area contributed by atoms with E-state index in [1.165, 1.54) is 18.2 Å². The molecule has 4 rings (SSSR count). The molecule has 0 fully saturated rings. The highest BCUT2D eigenvalue weighted by atomic mass is 32.2. The van der Waals surface area contributed by atoms with E-state index in [1.54, 1.807) is 11.8 Å². The van der Waals surface area contributed by atoms with Crippen LogP contribution in [0, 0.1) is 0 Å². The molecule has 2 heterocycles. The van der Waals surface area contributed by atoms with Crippen molar-refractivity contribution in [3.8, 4) is 0 Å². The molecular weight excluding hydrogens is 330 g/mol. The predicted octanol–water partition coefficient (Wildman–Crippen LogP) is 4.20. The molecule has 0 N–H and O–H groups in total. The zero-order valence-electron chi connectivity index (χ0n) is 13.8. The maximum Gasteiger partial charge on any atom is 0.345 e. The van der Waals surface area contributed by atoms with E-state index in [4.69, 9.17) is 4.74 Å². The molecule has 0 spiro atoms. The number of nitrogens with zero attached hydrogens (tertiary/aromatic N) is 1. The summed E-state index contributed by atoms with van der Waals surface area (Å²) in [6.07, 6.45) is 2.05. The molecule has 0 saturated carbocycles. The van der Waals surface area contributed by atoms with Crippen molar-refractivity contribution in [2.75, 3.05) is 7.11 Å². The third-order valence-corrected chi connectivity index (χ3v) is 5.91. The molecule has 3 aromatic rings. The van der Waals surface area contributed by atoms with Gasteiger partial charge in [-0.05, 0) is 23.4 Å². The Kier molecular flexibility index (Phi) is 4.28. The first kappa shape index (κ1) is 15.9. The molecular formula is C21H18NO2S+. The monoisotopic (exact) mass is 348 g/mol. The van der Waals surface area contributed by atoms with Gasteiger partial charge in [-0.2, -0.15) is 4.57 Å². The second-order valence-electron chi connectivity index (χ2n) is 5.93. The molecule has 2 atom stereocenters. The van der Waals surface area contributed by atoms with Gasteiger partial charge >= 0.3 is 5.97 Å². The van der Waals surface area contributed by atoms with Crippen LogP contribution >= 0.6 is 11.8 Å². The average molecular weight is 348 g/mol. The van der Waals surface area contributed by atoms with Gasteiger partial charge in [-0.1, -0.05) is 60.7 Å². The Balaban J connectivity index is 1.88. The summed E-state index contributed by atoms with van der Waals surface area (Å²) in [6, 6.07) is 24.8. The first-order valence-electron chi connectivity index (χ1n) is 8.18. The maximum atomic E-state index is 12.2. The molecule has 0 radical (unpaired) electrons. The highest BCUT2D eigenvalue weighted by Gasteiger charge is 2.45. The van der Waals surface area contributed by atoms with Crippen LogP contribution in [0.25, 0.3) is 0 Å². The van der Waals surface area contributed by atoms with E-state index in [2.05, 4.69) is 59.3 Å². The van der Waals surface area contributed by atoms with Gasteiger partial charge in [-0.3, -0.25) is 0 Å². The van der Waals surface area contributed by atoms with Crippen molar-refractivity contribution in [2.45, 2.75) is 16.3 Å². The molecule has 4 heteroatoms. The number of hydrogen-bond donors (Lipinski definition) is 0. The number of methoxy groups -OCH3 is 1. The average Bonchev–Trinajstić information content (AvgIpc) is 3.08. The number of carbonyl (C=O) groups is 1. The molecule has 1 aromatic heterocycles. The van der Waals surface area contributed by atoms with Crippen LogP contribution in [0.1, 0.15) is 32.8 Å². The van der Waals surface area contributed by atoms with E-state index in [0.717, 1.165) is 5.03 Å². The number of hydrogen-bond acceptors (Lipinski definition) is 3. The Morgan fingerprint density at radius 3 is 2.20 bits per heavy atom. The van der Waals surface area contributed by atoms with Crippen LogP contribution in [0.15, 0.2) is 84.0 Å². The number of benzene rings is 2. The van der Waals surface area contributed by atoms with Gasteiger partial charge in [0, 0.05) is 11.6 Å². The topological polar surface area (TPSA) is 30.2 Å². The highest BCUT2D eigenvalue weighted by Crippen LogP contribution is 2.49. The largest absolute Gasteiger partial charge is 0.465 e. The molecule has 2 aromatic carbocycles. The normalized spacial score (nSPS) is 18.6. The molecule has 0 amide bonds. The fourth-order valence-electron chi connectivity index (χ4n) is 3.33. The van der Waals surface area contributed by atoms with Gasteiger partial charge in [-0.25, -0.2) is 4.79 Å². The number of aromatic nitrogens is 1. The molecule has 0 unspecified atom stereocenters. The van der Waals surface area contributed by atoms with Crippen LogP contribution in [-0.2, 0) is 4.74 Å². The van der Waals surface area contributed by atoms with Gasteiger partial charge in [-0.15, -0.1) is 0 Å². The van der Waals surface area contributed by atoms with Crippen LogP contribution in [0.3, 0.4) is 0 Å². The van der Waals surface area contributed by atoms with Crippen LogP contribution in [-0.4, -0.2) is 13.1 Å². The summed E-state index contributed by atoms with van der Waals surface area (Å²) in [5, 5.41) is 1.16. The molecule has 124 valence electrons. The Bertz CT molecular complexity index is 896.